The second-order valence-electron chi connectivity index (χ2n) is 4.21. The summed E-state index contributed by atoms with van der Waals surface area (Å²) < 4.78 is 13.4. The van der Waals surface area contributed by atoms with Crippen LogP contribution in [0.3, 0.4) is 0 Å². The Bertz CT molecular complexity index is 584. The summed E-state index contributed by atoms with van der Waals surface area (Å²) >= 11 is 5.15. The molecule has 2 aromatic rings. The van der Waals surface area contributed by atoms with E-state index in [0.717, 1.165) is 0 Å². The maximum absolute atomic E-state index is 13.4. The fourth-order valence-corrected chi connectivity index (χ4v) is 1.90. The smallest absolute Gasteiger partial charge is 0.171 e. The third-order valence-corrected chi connectivity index (χ3v) is 3.07. The van der Waals surface area contributed by atoms with Gasteiger partial charge < -0.3 is 10.6 Å². The topological polar surface area (TPSA) is 24.1 Å². The molecule has 0 radical (unpaired) electrons. The highest BCUT2D eigenvalue weighted by atomic mass is 32.1. The van der Waals surface area contributed by atoms with E-state index >= 15 is 0 Å². The van der Waals surface area contributed by atoms with Gasteiger partial charge >= 0.3 is 0 Å². The van der Waals surface area contributed by atoms with E-state index in [0.29, 0.717) is 17.3 Å². The van der Waals surface area contributed by atoms with Gasteiger partial charge in [-0.25, -0.2) is 4.39 Å². The van der Waals surface area contributed by atoms with Crippen molar-refractivity contribution >= 4 is 23.0 Å². The van der Waals surface area contributed by atoms with Gasteiger partial charge in [-0.3, -0.25) is 0 Å². The van der Waals surface area contributed by atoms with Gasteiger partial charge in [0.25, 0.3) is 0 Å². The van der Waals surface area contributed by atoms with Gasteiger partial charge in [0, 0.05) is 6.54 Å². The predicted octanol–water partition coefficient (Wildman–Crippen LogP) is 3.62. The Labute approximate surface area is 117 Å². The Morgan fingerprint density at radius 3 is 2.53 bits per heavy atom. The van der Waals surface area contributed by atoms with Crippen molar-refractivity contribution in [2.45, 2.75) is 13.5 Å². The van der Waals surface area contributed by atoms with Crippen molar-refractivity contribution in [3.63, 3.8) is 0 Å². The van der Waals surface area contributed by atoms with E-state index in [1.807, 2.05) is 31.2 Å². The van der Waals surface area contributed by atoms with Crippen LogP contribution >= 0.6 is 12.2 Å². The number of nitrogens with one attached hydrogen (secondary N) is 2. The average Bonchev–Trinajstić information content (AvgIpc) is 2.40. The van der Waals surface area contributed by atoms with E-state index in [9.17, 15) is 4.39 Å². The highest BCUT2D eigenvalue weighted by molar-refractivity contribution is 7.80. The van der Waals surface area contributed by atoms with E-state index in [1.54, 1.807) is 18.2 Å². The summed E-state index contributed by atoms with van der Waals surface area (Å²) in [5, 5.41) is 6.32. The summed E-state index contributed by atoms with van der Waals surface area (Å²) in [4.78, 5) is 0. The minimum absolute atomic E-state index is 0.317. The molecule has 2 rings (SSSR count). The van der Waals surface area contributed by atoms with Crippen molar-refractivity contribution in [1.82, 2.24) is 5.32 Å². The van der Waals surface area contributed by atoms with Gasteiger partial charge in [-0.15, -0.1) is 0 Å². The monoisotopic (exact) mass is 274 g/mol. The summed E-state index contributed by atoms with van der Waals surface area (Å²) in [6.07, 6.45) is 0. The lowest BCUT2D eigenvalue weighted by Gasteiger charge is -2.12. The first-order chi connectivity index (χ1) is 9.16. The van der Waals surface area contributed by atoms with E-state index < -0.39 is 0 Å². The molecule has 4 heteroatoms. The molecule has 0 unspecified atom stereocenters. The third kappa shape index (κ3) is 3.76. The summed E-state index contributed by atoms with van der Waals surface area (Å²) in [6, 6.07) is 14.5. The number of rotatable bonds is 3. The second kappa shape index (κ2) is 6.29. The van der Waals surface area contributed by atoms with Gasteiger partial charge in [0.15, 0.2) is 5.11 Å². The molecule has 2 N–H and O–H groups in total. The first-order valence-corrected chi connectivity index (χ1v) is 6.41. The molecule has 0 aromatic heterocycles. The Morgan fingerprint density at radius 1 is 1.11 bits per heavy atom. The SMILES string of the molecule is Cc1ccccc1CNC(=S)Nc1ccccc1F. The molecule has 0 amide bonds. The first-order valence-electron chi connectivity index (χ1n) is 6.00. The number of thiocarbonyl (C=S) groups is 1. The zero-order chi connectivity index (χ0) is 13.7. The van der Waals surface area contributed by atoms with Crippen LogP contribution in [0.1, 0.15) is 11.1 Å². The van der Waals surface area contributed by atoms with Crippen molar-refractivity contribution in [1.29, 1.82) is 0 Å². The molecule has 19 heavy (non-hydrogen) atoms. The molecular formula is C15H15FN2S. The van der Waals surface area contributed by atoms with E-state index in [4.69, 9.17) is 12.2 Å². The summed E-state index contributed by atoms with van der Waals surface area (Å²) in [5.41, 5.74) is 2.74. The lowest BCUT2D eigenvalue weighted by atomic mass is 10.1. The van der Waals surface area contributed by atoms with Crippen LogP contribution in [0, 0.1) is 12.7 Å². The number of halogens is 1. The standard InChI is InChI=1S/C15H15FN2S/c1-11-6-2-3-7-12(11)10-17-15(19)18-14-9-5-4-8-13(14)16/h2-9H,10H2,1H3,(H2,17,18,19). The summed E-state index contributed by atoms with van der Waals surface area (Å²) in [6.45, 7) is 2.66. The molecule has 0 atom stereocenters. The lowest BCUT2D eigenvalue weighted by Crippen LogP contribution is -2.28. The van der Waals surface area contributed by atoms with Crippen LogP contribution in [0.4, 0.5) is 10.1 Å². The fraction of sp³-hybridized carbons (Fsp3) is 0.133. The molecule has 0 spiro atoms. The molecule has 0 aliphatic carbocycles. The Balaban J connectivity index is 1.92. The number of benzene rings is 2. The highest BCUT2D eigenvalue weighted by Gasteiger charge is 2.03. The van der Waals surface area contributed by atoms with Gasteiger partial charge in [-0.05, 0) is 42.4 Å². The van der Waals surface area contributed by atoms with E-state index in [1.165, 1.54) is 17.2 Å². The Kier molecular flexibility index (Phi) is 4.47. The van der Waals surface area contributed by atoms with Crippen LogP contribution in [0.5, 0.6) is 0 Å². The van der Waals surface area contributed by atoms with Crippen molar-refractivity contribution < 1.29 is 4.39 Å². The Hall–Kier alpha value is -1.94. The fourth-order valence-electron chi connectivity index (χ4n) is 1.71. The number of hydrogen-bond acceptors (Lipinski definition) is 1. The summed E-state index contributed by atoms with van der Waals surface area (Å²) in [5.74, 6) is -0.317. The number of aryl methyl sites for hydroxylation is 1. The molecule has 2 aromatic carbocycles. The van der Waals surface area contributed by atoms with Gasteiger partial charge in [-0.1, -0.05) is 36.4 Å². The molecule has 0 aliphatic rings. The maximum Gasteiger partial charge on any atom is 0.171 e. The molecule has 0 fully saturated rings. The molecular weight excluding hydrogens is 259 g/mol. The highest BCUT2D eigenvalue weighted by Crippen LogP contribution is 2.12. The molecule has 0 heterocycles. The minimum atomic E-state index is -0.317. The van der Waals surface area contributed by atoms with Gasteiger partial charge in [-0.2, -0.15) is 0 Å². The van der Waals surface area contributed by atoms with Crippen LogP contribution in [-0.4, -0.2) is 5.11 Å². The van der Waals surface area contributed by atoms with Crippen LogP contribution < -0.4 is 10.6 Å². The maximum atomic E-state index is 13.4. The van der Waals surface area contributed by atoms with Gasteiger partial charge in [0.05, 0.1) is 5.69 Å². The Morgan fingerprint density at radius 2 is 1.79 bits per heavy atom. The van der Waals surface area contributed by atoms with E-state index in [-0.39, 0.29) is 5.82 Å². The van der Waals surface area contributed by atoms with Gasteiger partial charge in [0.2, 0.25) is 0 Å². The quantitative estimate of drug-likeness (QED) is 0.836. The van der Waals surface area contributed by atoms with Crippen molar-refractivity contribution in [2.75, 3.05) is 5.32 Å². The van der Waals surface area contributed by atoms with Crippen LogP contribution in [-0.2, 0) is 6.54 Å². The molecule has 0 saturated heterocycles. The van der Waals surface area contributed by atoms with Crippen LogP contribution in [0.25, 0.3) is 0 Å². The zero-order valence-electron chi connectivity index (χ0n) is 10.6. The van der Waals surface area contributed by atoms with Crippen molar-refractivity contribution in [2.24, 2.45) is 0 Å². The van der Waals surface area contributed by atoms with Crippen LogP contribution in [0.2, 0.25) is 0 Å². The first kappa shape index (κ1) is 13.5. The number of hydrogen-bond donors (Lipinski definition) is 2. The normalized spacial score (nSPS) is 10.0. The molecule has 0 aliphatic heterocycles. The number of anilines is 1. The average molecular weight is 274 g/mol. The number of para-hydroxylation sites is 1. The van der Waals surface area contributed by atoms with Gasteiger partial charge in [0.1, 0.15) is 5.82 Å². The molecule has 0 bridgehead atoms. The zero-order valence-corrected chi connectivity index (χ0v) is 11.4. The predicted molar refractivity (Wildman–Crippen MR) is 80.6 cm³/mol. The molecule has 0 saturated carbocycles. The third-order valence-electron chi connectivity index (χ3n) is 2.82. The minimum Gasteiger partial charge on any atom is -0.358 e. The molecule has 98 valence electrons. The van der Waals surface area contributed by atoms with Crippen molar-refractivity contribution in [3.05, 3.63) is 65.5 Å². The van der Waals surface area contributed by atoms with Crippen molar-refractivity contribution in [3.8, 4) is 0 Å². The largest absolute Gasteiger partial charge is 0.358 e. The summed E-state index contributed by atoms with van der Waals surface area (Å²) in [7, 11) is 0. The second-order valence-corrected chi connectivity index (χ2v) is 4.62. The van der Waals surface area contributed by atoms with E-state index in [2.05, 4.69) is 10.6 Å². The lowest BCUT2D eigenvalue weighted by molar-refractivity contribution is 0.632. The van der Waals surface area contributed by atoms with Crippen LogP contribution in [0.15, 0.2) is 48.5 Å². The molecule has 2 nitrogen and oxygen atoms in total.